The van der Waals surface area contributed by atoms with Crippen molar-refractivity contribution in [2.24, 2.45) is 5.92 Å². The molecule has 3 aliphatic rings. The van der Waals surface area contributed by atoms with Crippen LogP contribution in [0.25, 0.3) is 0 Å². The number of aliphatic carboxylic acids is 1. The lowest BCUT2D eigenvalue weighted by atomic mass is 9.83. The fraction of sp³-hybridized carbons (Fsp3) is 0.550. The first-order chi connectivity index (χ1) is 13.0. The van der Waals surface area contributed by atoms with Crippen LogP contribution in [-0.2, 0) is 14.4 Å². The van der Waals surface area contributed by atoms with Gasteiger partial charge in [-0.25, -0.2) is 0 Å². The highest BCUT2D eigenvalue weighted by atomic mass is 16.4. The van der Waals surface area contributed by atoms with Crippen LogP contribution in [0, 0.1) is 5.92 Å². The molecular weight excluding hydrogens is 346 g/mol. The summed E-state index contributed by atoms with van der Waals surface area (Å²) in [6, 6.07) is 7.68. The number of carboxylic acid groups (broad SMARTS) is 1. The number of carboxylic acids is 1. The average Bonchev–Trinajstić information content (AvgIpc) is 3.39. The largest absolute Gasteiger partial charge is 0.480 e. The van der Waals surface area contributed by atoms with Crippen LogP contribution in [0.15, 0.2) is 24.3 Å². The number of carbonyl (C=O) groups excluding carboxylic acids is 2. The summed E-state index contributed by atoms with van der Waals surface area (Å²) in [6.07, 6.45) is 4.07. The summed E-state index contributed by atoms with van der Waals surface area (Å²) < 4.78 is 0. The summed E-state index contributed by atoms with van der Waals surface area (Å²) in [7, 11) is 0. The third kappa shape index (κ3) is 4.13. The van der Waals surface area contributed by atoms with Crippen LogP contribution in [0.5, 0.6) is 0 Å². The lowest BCUT2D eigenvalue weighted by Crippen LogP contribution is -2.56. The predicted octanol–water partition coefficient (Wildman–Crippen LogP) is 1.56. The first-order valence-corrected chi connectivity index (χ1v) is 9.64. The smallest absolute Gasteiger partial charge is 0.317 e. The first-order valence-electron chi connectivity index (χ1n) is 9.64. The van der Waals surface area contributed by atoms with Gasteiger partial charge in [0.2, 0.25) is 11.8 Å². The summed E-state index contributed by atoms with van der Waals surface area (Å²) in [4.78, 5) is 37.8. The molecule has 3 N–H and O–H groups in total. The highest BCUT2D eigenvalue weighted by Crippen LogP contribution is 2.35. The van der Waals surface area contributed by atoms with Crippen molar-refractivity contribution in [1.82, 2.24) is 10.2 Å². The van der Waals surface area contributed by atoms with Gasteiger partial charge >= 0.3 is 5.97 Å². The van der Waals surface area contributed by atoms with Gasteiger partial charge in [-0.05, 0) is 43.2 Å². The number of para-hydroxylation sites is 1. The van der Waals surface area contributed by atoms with Crippen LogP contribution < -0.4 is 10.6 Å². The van der Waals surface area contributed by atoms with E-state index in [4.69, 9.17) is 5.11 Å². The summed E-state index contributed by atoms with van der Waals surface area (Å²) in [5, 5.41) is 15.0. The minimum atomic E-state index is -0.798. The molecule has 1 heterocycles. The number of fused-ring (bicyclic) bond motifs is 1. The standard InChI is InChI=1S/C20H25N3O4/c24-18-9-16(15-3-1-2-4-17(15)22-18)20(27)21-13-7-14(8-13)23(11-19(25)26)10-12-5-6-12/h1-4,12-14,16H,5-11H2,(H,21,27)(H,22,24)(H,25,26). The first kappa shape index (κ1) is 18.0. The van der Waals surface area contributed by atoms with Gasteiger partial charge in [-0.1, -0.05) is 18.2 Å². The predicted molar refractivity (Wildman–Crippen MR) is 99.3 cm³/mol. The summed E-state index contributed by atoms with van der Waals surface area (Å²) in [6.45, 7) is 0.909. The van der Waals surface area contributed by atoms with Crippen LogP contribution >= 0.6 is 0 Å². The number of nitrogens with one attached hydrogen (secondary N) is 2. The van der Waals surface area contributed by atoms with E-state index in [1.807, 2.05) is 29.2 Å². The van der Waals surface area contributed by atoms with Gasteiger partial charge in [0, 0.05) is 30.7 Å². The van der Waals surface area contributed by atoms with Crippen LogP contribution in [-0.4, -0.2) is 53.0 Å². The van der Waals surface area contributed by atoms with Gasteiger partial charge in [0.25, 0.3) is 0 Å². The molecule has 0 saturated heterocycles. The molecule has 144 valence electrons. The third-order valence-corrected chi connectivity index (χ3v) is 5.82. The normalized spacial score (nSPS) is 26.7. The van der Waals surface area contributed by atoms with Crippen molar-refractivity contribution in [3.05, 3.63) is 29.8 Å². The molecule has 2 aliphatic carbocycles. The number of hydrogen-bond acceptors (Lipinski definition) is 4. The van der Waals surface area contributed by atoms with E-state index in [1.165, 1.54) is 12.8 Å². The monoisotopic (exact) mass is 371 g/mol. The maximum atomic E-state index is 12.8. The number of nitrogens with zero attached hydrogens (tertiary/aromatic N) is 1. The zero-order valence-electron chi connectivity index (χ0n) is 15.2. The number of benzene rings is 1. The van der Waals surface area contributed by atoms with E-state index in [2.05, 4.69) is 10.6 Å². The Labute approximate surface area is 158 Å². The molecule has 2 saturated carbocycles. The quantitative estimate of drug-likeness (QED) is 0.676. The number of hydrogen-bond donors (Lipinski definition) is 3. The van der Waals surface area contributed by atoms with Crippen molar-refractivity contribution in [2.75, 3.05) is 18.4 Å². The average molecular weight is 371 g/mol. The Morgan fingerprint density at radius 3 is 2.67 bits per heavy atom. The number of amides is 2. The number of rotatable bonds is 7. The molecule has 2 amide bonds. The highest BCUT2D eigenvalue weighted by molar-refractivity contribution is 6.01. The van der Waals surface area contributed by atoms with Gasteiger partial charge in [0.15, 0.2) is 0 Å². The van der Waals surface area contributed by atoms with Crippen molar-refractivity contribution in [3.63, 3.8) is 0 Å². The highest BCUT2D eigenvalue weighted by Gasteiger charge is 2.39. The molecular formula is C20H25N3O4. The SMILES string of the molecule is O=C(O)CN(CC1CC1)C1CC(NC(=O)C2CC(=O)Nc3ccccc32)C1. The van der Waals surface area contributed by atoms with E-state index in [0.717, 1.165) is 24.9 Å². The Hall–Kier alpha value is -2.41. The molecule has 27 heavy (non-hydrogen) atoms. The Balaban J connectivity index is 1.33. The van der Waals surface area contributed by atoms with E-state index >= 15 is 0 Å². The van der Waals surface area contributed by atoms with Gasteiger partial charge in [0.1, 0.15) is 0 Å². The Kier molecular flexibility index (Phi) is 4.86. The Morgan fingerprint density at radius 2 is 1.96 bits per heavy atom. The third-order valence-electron chi connectivity index (χ3n) is 5.82. The van der Waals surface area contributed by atoms with Crippen LogP contribution in [0.4, 0.5) is 5.69 Å². The van der Waals surface area contributed by atoms with E-state index in [9.17, 15) is 14.4 Å². The zero-order valence-corrected chi connectivity index (χ0v) is 15.2. The second kappa shape index (κ2) is 7.31. The molecule has 4 rings (SSSR count). The molecule has 0 radical (unpaired) electrons. The molecule has 1 unspecified atom stereocenters. The molecule has 7 nitrogen and oxygen atoms in total. The van der Waals surface area contributed by atoms with Crippen molar-refractivity contribution >= 4 is 23.5 Å². The van der Waals surface area contributed by atoms with Gasteiger partial charge in [0.05, 0.1) is 12.5 Å². The van der Waals surface area contributed by atoms with Crippen LogP contribution in [0.2, 0.25) is 0 Å². The molecule has 7 heteroatoms. The molecule has 1 atom stereocenters. The van der Waals surface area contributed by atoms with E-state index in [1.54, 1.807) is 0 Å². The fourth-order valence-corrected chi connectivity index (χ4v) is 4.10. The minimum Gasteiger partial charge on any atom is -0.480 e. The number of anilines is 1. The molecule has 1 aromatic carbocycles. The van der Waals surface area contributed by atoms with E-state index in [0.29, 0.717) is 11.6 Å². The molecule has 0 spiro atoms. The summed E-state index contributed by atoms with van der Waals surface area (Å²) >= 11 is 0. The molecule has 0 bridgehead atoms. The zero-order chi connectivity index (χ0) is 19.0. The lowest BCUT2D eigenvalue weighted by molar-refractivity contribution is -0.140. The van der Waals surface area contributed by atoms with Crippen LogP contribution in [0.3, 0.4) is 0 Å². The number of carbonyl (C=O) groups is 3. The topological polar surface area (TPSA) is 98.7 Å². The minimum absolute atomic E-state index is 0.0511. The van der Waals surface area contributed by atoms with Crippen molar-refractivity contribution in [2.45, 2.75) is 50.1 Å². The second-order valence-corrected chi connectivity index (χ2v) is 7.99. The van der Waals surface area contributed by atoms with Crippen molar-refractivity contribution in [1.29, 1.82) is 0 Å². The Bertz CT molecular complexity index is 755. The maximum Gasteiger partial charge on any atom is 0.317 e. The van der Waals surface area contributed by atoms with Gasteiger partial charge in [-0.15, -0.1) is 0 Å². The van der Waals surface area contributed by atoms with Crippen LogP contribution in [0.1, 0.15) is 43.6 Å². The van der Waals surface area contributed by atoms with E-state index in [-0.39, 0.29) is 36.9 Å². The summed E-state index contributed by atoms with van der Waals surface area (Å²) in [5.74, 6) is -0.885. The molecule has 0 aromatic heterocycles. The van der Waals surface area contributed by atoms with Gasteiger partial charge in [-0.2, -0.15) is 0 Å². The van der Waals surface area contributed by atoms with Crippen molar-refractivity contribution < 1.29 is 19.5 Å². The second-order valence-electron chi connectivity index (χ2n) is 7.99. The lowest BCUT2D eigenvalue weighted by Gasteiger charge is -2.43. The molecule has 1 aromatic rings. The Morgan fingerprint density at radius 1 is 1.22 bits per heavy atom. The fourth-order valence-electron chi connectivity index (χ4n) is 4.10. The van der Waals surface area contributed by atoms with E-state index < -0.39 is 11.9 Å². The van der Waals surface area contributed by atoms with Crippen molar-refractivity contribution in [3.8, 4) is 0 Å². The molecule has 1 aliphatic heterocycles. The molecule has 2 fully saturated rings. The van der Waals surface area contributed by atoms with Gasteiger partial charge < -0.3 is 15.7 Å². The van der Waals surface area contributed by atoms with Gasteiger partial charge in [-0.3, -0.25) is 19.3 Å². The maximum absolute atomic E-state index is 12.8. The summed E-state index contributed by atoms with van der Waals surface area (Å²) in [5.41, 5.74) is 1.56.